The highest BCUT2D eigenvalue weighted by Gasteiger charge is 2.21. The maximum absolute atomic E-state index is 12.5. The van der Waals surface area contributed by atoms with Gasteiger partial charge in [0.05, 0.1) is 16.4 Å². The number of anilines is 2. The van der Waals surface area contributed by atoms with E-state index < -0.39 is 0 Å². The standard InChI is InChI=1S/C21H22Cl3N3O/c1-2-26-10-12-27(13-11-26)21-17(23)4-3-5-19(21)25-20(28)9-7-15-6-8-16(22)14-18(15)24/h3-9,14H,2,10-13H2,1H3,(H,25,28). The first-order chi connectivity index (χ1) is 13.5. The maximum Gasteiger partial charge on any atom is 0.248 e. The Balaban J connectivity index is 1.74. The van der Waals surface area contributed by atoms with Crippen LogP contribution in [0, 0.1) is 0 Å². The molecule has 148 valence electrons. The zero-order chi connectivity index (χ0) is 20.1. The molecule has 1 saturated heterocycles. The number of amides is 1. The van der Waals surface area contributed by atoms with Crippen LogP contribution in [0.1, 0.15) is 12.5 Å². The summed E-state index contributed by atoms with van der Waals surface area (Å²) in [4.78, 5) is 17.1. The molecular formula is C21H22Cl3N3O. The van der Waals surface area contributed by atoms with Crippen molar-refractivity contribution in [1.29, 1.82) is 0 Å². The lowest BCUT2D eigenvalue weighted by Gasteiger charge is -2.36. The second-order valence-electron chi connectivity index (χ2n) is 6.55. The van der Waals surface area contributed by atoms with Gasteiger partial charge in [-0.2, -0.15) is 0 Å². The van der Waals surface area contributed by atoms with E-state index in [0.717, 1.165) is 44.0 Å². The summed E-state index contributed by atoms with van der Waals surface area (Å²) in [7, 11) is 0. The number of rotatable bonds is 5. The lowest BCUT2D eigenvalue weighted by atomic mass is 10.2. The largest absolute Gasteiger partial charge is 0.366 e. The molecule has 1 heterocycles. The highest BCUT2D eigenvalue weighted by atomic mass is 35.5. The zero-order valence-corrected chi connectivity index (χ0v) is 17.9. The van der Waals surface area contributed by atoms with Crippen molar-refractivity contribution in [2.45, 2.75) is 6.92 Å². The first kappa shape index (κ1) is 21.0. The van der Waals surface area contributed by atoms with E-state index in [1.54, 1.807) is 24.3 Å². The van der Waals surface area contributed by atoms with Gasteiger partial charge < -0.3 is 15.1 Å². The third kappa shape index (κ3) is 5.21. The first-order valence-electron chi connectivity index (χ1n) is 9.18. The number of piperazine rings is 1. The normalized spacial score (nSPS) is 15.2. The van der Waals surface area contributed by atoms with E-state index in [4.69, 9.17) is 34.8 Å². The van der Waals surface area contributed by atoms with Crippen LogP contribution < -0.4 is 10.2 Å². The quantitative estimate of drug-likeness (QED) is 0.631. The van der Waals surface area contributed by atoms with E-state index in [1.165, 1.54) is 6.08 Å². The van der Waals surface area contributed by atoms with Crippen LogP contribution in [0.25, 0.3) is 6.08 Å². The lowest BCUT2D eigenvalue weighted by Crippen LogP contribution is -2.46. The Morgan fingerprint density at radius 3 is 2.50 bits per heavy atom. The van der Waals surface area contributed by atoms with Gasteiger partial charge in [0.25, 0.3) is 0 Å². The van der Waals surface area contributed by atoms with Gasteiger partial charge in [-0.3, -0.25) is 4.79 Å². The van der Waals surface area contributed by atoms with Gasteiger partial charge in [0.1, 0.15) is 0 Å². The summed E-state index contributed by atoms with van der Waals surface area (Å²) < 4.78 is 0. The minimum atomic E-state index is -0.248. The zero-order valence-electron chi connectivity index (χ0n) is 15.6. The Morgan fingerprint density at radius 1 is 1.07 bits per heavy atom. The fourth-order valence-corrected chi connectivity index (χ4v) is 3.97. The van der Waals surface area contributed by atoms with Crippen LogP contribution in [0.15, 0.2) is 42.5 Å². The molecule has 3 rings (SSSR count). The Morgan fingerprint density at radius 2 is 1.82 bits per heavy atom. The number of likely N-dealkylation sites (N-methyl/N-ethyl adjacent to an activating group) is 1. The Labute approximate surface area is 180 Å². The van der Waals surface area contributed by atoms with Crippen LogP contribution >= 0.6 is 34.8 Å². The molecule has 0 unspecified atom stereocenters. The molecule has 0 saturated carbocycles. The van der Waals surface area contributed by atoms with Crippen molar-refractivity contribution < 1.29 is 4.79 Å². The summed E-state index contributed by atoms with van der Waals surface area (Å²) in [5.41, 5.74) is 2.30. The topological polar surface area (TPSA) is 35.6 Å². The molecule has 0 atom stereocenters. The van der Waals surface area contributed by atoms with Crippen molar-refractivity contribution in [3.05, 3.63) is 63.1 Å². The molecular weight excluding hydrogens is 417 g/mol. The van der Waals surface area contributed by atoms with Crippen LogP contribution in [0.4, 0.5) is 11.4 Å². The number of carbonyl (C=O) groups is 1. The fourth-order valence-electron chi connectivity index (χ4n) is 3.20. The SMILES string of the molecule is CCN1CCN(c2c(Cl)cccc2NC(=O)C=Cc2ccc(Cl)cc2Cl)CC1. The first-order valence-corrected chi connectivity index (χ1v) is 10.3. The average Bonchev–Trinajstić information content (AvgIpc) is 2.68. The Hall–Kier alpha value is -1.72. The van der Waals surface area contributed by atoms with Crippen LogP contribution in [0.2, 0.25) is 15.1 Å². The summed E-state index contributed by atoms with van der Waals surface area (Å²) in [6.45, 7) is 6.90. The fraction of sp³-hybridized carbons (Fsp3) is 0.286. The molecule has 4 nitrogen and oxygen atoms in total. The molecule has 0 spiro atoms. The van der Waals surface area contributed by atoms with Crippen LogP contribution in [-0.4, -0.2) is 43.5 Å². The van der Waals surface area contributed by atoms with Gasteiger partial charge in [-0.1, -0.05) is 53.9 Å². The molecule has 1 N–H and O–H groups in total. The predicted octanol–water partition coefficient (Wildman–Crippen LogP) is 5.44. The molecule has 1 aliphatic rings. The Bertz CT molecular complexity index is 877. The molecule has 0 radical (unpaired) electrons. The summed E-state index contributed by atoms with van der Waals surface area (Å²) in [6.07, 6.45) is 3.12. The number of carbonyl (C=O) groups excluding carboxylic acids is 1. The van der Waals surface area contributed by atoms with Crippen molar-refractivity contribution >= 4 is 58.2 Å². The summed E-state index contributed by atoms with van der Waals surface area (Å²) >= 11 is 18.5. The molecule has 0 bridgehead atoms. The van der Waals surface area contributed by atoms with Crippen LogP contribution in [0.3, 0.4) is 0 Å². The average molecular weight is 439 g/mol. The molecule has 0 aliphatic carbocycles. The second-order valence-corrected chi connectivity index (χ2v) is 7.80. The van der Waals surface area contributed by atoms with E-state index in [-0.39, 0.29) is 5.91 Å². The third-order valence-corrected chi connectivity index (χ3v) is 5.62. The van der Waals surface area contributed by atoms with Crippen molar-refractivity contribution in [2.75, 3.05) is 42.9 Å². The monoisotopic (exact) mass is 437 g/mol. The minimum Gasteiger partial charge on any atom is -0.366 e. The van der Waals surface area contributed by atoms with Crippen molar-refractivity contribution in [2.24, 2.45) is 0 Å². The molecule has 28 heavy (non-hydrogen) atoms. The number of halogens is 3. The van der Waals surface area contributed by atoms with E-state index in [2.05, 4.69) is 22.0 Å². The van der Waals surface area contributed by atoms with Crippen LogP contribution in [0.5, 0.6) is 0 Å². The number of para-hydroxylation sites is 1. The van der Waals surface area contributed by atoms with Crippen molar-refractivity contribution in [3.63, 3.8) is 0 Å². The third-order valence-electron chi connectivity index (χ3n) is 4.76. The summed E-state index contributed by atoms with van der Waals surface area (Å²) in [5.74, 6) is -0.248. The van der Waals surface area contributed by atoms with E-state index in [1.807, 2.05) is 18.2 Å². The molecule has 7 heteroatoms. The van der Waals surface area contributed by atoms with Crippen LogP contribution in [-0.2, 0) is 4.79 Å². The number of hydrogen-bond donors (Lipinski definition) is 1. The molecule has 2 aromatic carbocycles. The van der Waals surface area contributed by atoms with Gasteiger partial charge >= 0.3 is 0 Å². The summed E-state index contributed by atoms with van der Waals surface area (Å²) in [6, 6.07) is 10.7. The molecule has 0 aromatic heterocycles. The number of nitrogens with one attached hydrogen (secondary N) is 1. The number of benzene rings is 2. The number of hydrogen-bond acceptors (Lipinski definition) is 3. The molecule has 1 aliphatic heterocycles. The van der Waals surface area contributed by atoms with Crippen molar-refractivity contribution in [3.8, 4) is 0 Å². The second kappa shape index (κ2) is 9.66. The highest BCUT2D eigenvalue weighted by Crippen LogP contribution is 2.34. The van der Waals surface area contributed by atoms with Gasteiger partial charge in [0.2, 0.25) is 5.91 Å². The van der Waals surface area contributed by atoms with Gasteiger partial charge in [-0.15, -0.1) is 0 Å². The number of nitrogens with zero attached hydrogens (tertiary/aromatic N) is 2. The van der Waals surface area contributed by atoms with Gasteiger partial charge in [-0.25, -0.2) is 0 Å². The molecule has 1 fully saturated rings. The van der Waals surface area contributed by atoms with E-state index >= 15 is 0 Å². The maximum atomic E-state index is 12.5. The summed E-state index contributed by atoms with van der Waals surface area (Å²) in [5, 5.41) is 4.62. The smallest absolute Gasteiger partial charge is 0.248 e. The van der Waals surface area contributed by atoms with Gasteiger partial charge in [0.15, 0.2) is 0 Å². The lowest BCUT2D eigenvalue weighted by molar-refractivity contribution is -0.111. The Kier molecular flexibility index (Phi) is 7.24. The molecule has 2 aromatic rings. The van der Waals surface area contributed by atoms with E-state index in [0.29, 0.717) is 20.8 Å². The van der Waals surface area contributed by atoms with Gasteiger partial charge in [0, 0.05) is 42.3 Å². The van der Waals surface area contributed by atoms with Gasteiger partial charge in [-0.05, 0) is 42.4 Å². The van der Waals surface area contributed by atoms with E-state index in [9.17, 15) is 4.79 Å². The predicted molar refractivity (Wildman–Crippen MR) is 120 cm³/mol. The minimum absolute atomic E-state index is 0.248. The molecule has 1 amide bonds. The van der Waals surface area contributed by atoms with Crippen molar-refractivity contribution in [1.82, 2.24) is 4.90 Å². The highest BCUT2D eigenvalue weighted by molar-refractivity contribution is 6.35.